The maximum absolute atomic E-state index is 13.8. The summed E-state index contributed by atoms with van der Waals surface area (Å²) in [6.45, 7) is 3.31. The molecule has 39 heavy (non-hydrogen) atoms. The highest BCUT2D eigenvalue weighted by Crippen LogP contribution is 2.29. The SMILES string of the molecule is C/C=c1/c(Nc2ccc(Oc3ccc4c(c3)ncn4C)c(C)c2)ncn/c1=C/N=C(N)O[C@@H]1CNCC1(F)F. The number of nitrogens with one attached hydrogen (secondary N) is 2. The minimum Gasteiger partial charge on any atom is -0.457 e. The van der Waals surface area contributed by atoms with E-state index in [-0.39, 0.29) is 12.6 Å². The smallest absolute Gasteiger partial charge is 0.297 e. The Labute approximate surface area is 222 Å². The highest BCUT2D eigenvalue weighted by Gasteiger charge is 2.46. The van der Waals surface area contributed by atoms with Crippen LogP contribution in [0.15, 0.2) is 54.0 Å². The number of aryl methyl sites for hydroxylation is 2. The van der Waals surface area contributed by atoms with Gasteiger partial charge in [-0.15, -0.1) is 0 Å². The number of halogens is 2. The zero-order valence-corrected chi connectivity index (χ0v) is 21.7. The Morgan fingerprint density at radius 3 is 2.82 bits per heavy atom. The van der Waals surface area contributed by atoms with Gasteiger partial charge in [-0.2, -0.15) is 0 Å². The molecule has 5 rings (SSSR count). The van der Waals surface area contributed by atoms with Crippen LogP contribution in [0.3, 0.4) is 0 Å². The molecule has 0 bridgehead atoms. The normalized spacial score (nSPS) is 18.1. The van der Waals surface area contributed by atoms with Gasteiger partial charge < -0.3 is 30.4 Å². The number of amidine groups is 1. The Kier molecular flexibility index (Phi) is 7.11. The first-order valence-corrected chi connectivity index (χ1v) is 12.3. The van der Waals surface area contributed by atoms with E-state index in [1.807, 2.05) is 67.9 Å². The average molecular weight is 535 g/mol. The lowest BCUT2D eigenvalue weighted by Crippen LogP contribution is -2.38. The highest BCUT2D eigenvalue weighted by molar-refractivity contribution is 5.77. The monoisotopic (exact) mass is 534 g/mol. The van der Waals surface area contributed by atoms with Gasteiger partial charge in [0.2, 0.25) is 0 Å². The Balaban J connectivity index is 1.33. The summed E-state index contributed by atoms with van der Waals surface area (Å²) in [7, 11) is 1.95. The van der Waals surface area contributed by atoms with E-state index < -0.39 is 18.6 Å². The Morgan fingerprint density at radius 1 is 1.23 bits per heavy atom. The number of hydrogen-bond donors (Lipinski definition) is 3. The van der Waals surface area contributed by atoms with Gasteiger partial charge in [0.25, 0.3) is 11.9 Å². The molecule has 0 unspecified atom stereocenters. The van der Waals surface area contributed by atoms with Gasteiger partial charge >= 0.3 is 0 Å². The van der Waals surface area contributed by atoms with Crippen LogP contribution in [-0.4, -0.2) is 50.7 Å². The molecule has 4 aromatic rings. The van der Waals surface area contributed by atoms with E-state index >= 15 is 0 Å². The number of nitrogens with zero attached hydrogens (tertiary/aromatic N) is 5. The molecule has 0 radical (unpaired) electrons. The summed E-state index contributed by atoms with van der Waals surface area (Å²) in [5.41, 5.74) is 9.32. The molecule has 0 amide bonds. The average Bonchev–Trinajstić information content (AvgIpc) is 3.44. The van der Waals surface area contributed by atoms with E-state index in [0.29, 0.717) is 27.9 Å². The minimum absolute atomic E-state index is 0.0124. The summed E-state index contributed by atoms with van der Waals surface area (Å²) in [5, 5.41) is 6.97. The largest absolute Gasteiger partial charge is 0.457 e. The third-order valence-corrected chi connectivity index (χ3v) is 6.30. The van der Waals surface area contributed by atoms with Crippen LogP contribution in [0.2, 0.25) is 0 Å². The Bertz CT molecular complexity index is 1670. The molecule has 1 saturated heterocycles. The lowest BCUT2D eigenvalue weighted by atomic mass is 10.2. The molecule has 202 valence electrons. The van der Waals surface area contributed by atoms with Gasteiger partial charge in [-0.3, -0.25) is 0 Å². The van der Waals surface area contributed by atoms with Gasteiger partial charge in [-0.1, -0.05) is 6.08 Å². The van der Waals surface area contributed by atoms with Crippen LogP contribution in [-0.2, 0) is 11.8 Å². The van der Waals surface area contributed by atoms with Crippen LogP contribution in [0.4, 0.5) is 20.3 Å². The number of anilines is 2. The zero-order valence-electron chi connectivity index (χ0n) is 21.7. The van der Waals surface area contributed by atoms with Crippen LogP contribution < -0.4 is 31.7 Å². The number of alkyl halides is 2. The lowest BCUT2D eigenvalue weighted by molar-refractivity contribution is -0.0655. The van der Waals surface area contributed by atoms with Crippen molar-refractivity contribution in [2.75, 3.05) is 18.4 Å². The molecular weight excluding hydrogens is 506 g/mol. The first kappa shape index (κ1) is 26.0. The first-order valence-electron chi connectivity index (χ1n) is 12.3. The summed E-state index contributed by atoms with van der Waals surface area (Å²) in [6.07, 6.45) is 4.94. The second-order valence-corrected chi connectivity index (χ2v) is 9.12. The molecule has 4 N–H and O–H groups in total. The van der Waals surface area contributed by atoms with E-state index in [9.17, 15) is 8.78 Å². The molecular formula is C27H28F2N8O2. The summed E-state index contributed by atoms with van der Waals surface area (Å²) >= 11 is 0. The van der Waals surface area contributed by atoms with Crippen molar-refractivity contribution in [3.05, 3.63) is 65.2 Å². The molecule has 1 atom stereocenters. The molecule has 10 nitrogen and oxygen atoms in total. The van der Waals surface area contributed by atoms with Crippen molar-refractivity contribution >= 4 is 40.8 Å². The van der Waals surface area contributed by atoms with Crippen molar-refractivity contribution in [1.29, 1.82) is 0 Å². The molecule has 1 aliphatic heterocycles. The van der Waals surface area contributed by atoms with Crippen molar-refractivity contribution in [2.24, 2.45) is 17.8 Å². The molecule has 0 saturated carbocycles. The molecule has 0 spiro atoms. The number of hydrogen-bond acceptors (Lipinski definition) is 8. The predicted octanol–water partition coefficient (Wildman–Crippen LogP) is 2.68. The van der Waals surface area contributed by atoms with Crippen LogP contribution >= 0.6 is 0 Å². The van der Waals surface area contributed by atoms with Crippen LogP contribution in [0.5, 0.6) is 11.5 Å². The third-order valence-electron chi connectivity index (χ3n) is 6.30. The topological polar surface area (TPSA) is 124 Å². The van der Waals surface area contributed by atoms with E-state index in [1.54, 1.807) is 6.33 Å². The molecule has 12 heteroatoms. The molecule has 3 heterocycles. The second kappa shape index (κ2) is 10.7. The molecule has 1 fully saturated rings. The fraction of sp³-hybridized carbons (Fsp3) is 0.259. The van der Waals surface area contributed by atoms with E-state index in [1.165, 1.54) is 12.5 Å². The molecule has 0 aliphatic carbocycles. The van der Waals surface area contributed by atoms with Crippen molar-refractivity contribution in [2.45, 2.75) is 25.9 Å². The van der Waals surface area contributed by atoms with Crippen LogP contribution in [0, 0.1) is 6.92 Å². The summed E-state index contributed by atoms with van der Waals surface area (Å²) < 4.78 is 40.7. The quantitative estimate of drug-likeness (QED) is 0.255. The standard InChI is InChI=1S/C27H28F2N8O2/c1-4-19-21(11-32-26(30)39-24-12-31-13-27(24,28)29)33-14-34-25(19)36-17-5-8-23(16(2)9-17)38-18-6-7-22-20(10-18)35-15-37(22)3/h4-11,14-15,24,31H,12-13H2,1-3H3,(H2,30,32)(H,33,34,36)/b19-4+,21-11+/t24-/m1/s1. The number of aliphatic imine (C=N–C) groups is 1. The van der Waals surface area contributed by atoms with Crippen molar-refractivity contribution in [3.63, 3.8) is 0 Å². The molecule has 2 aromatic carbocycles. The van der Waals surface area contributed by atoms with E-state index in [2.05, 4.69) is 30.6 Å². The summed E-state index contributed by atoms with van der Waals surface area (Å²) in [4.78, 5) is 17.0. The van der Waals surface area contributed by atoms with Crippen molar-refractivity contribution in [3.8, 4) is 11.5 Å². The molecule has 2 aromatic heterocycles. The number of rotatable bonds is 6. The fourth-order valence-corrected chi connectivity index (χ4v) is 4.24. The predicted molar refractivity (Wildman–Crippen MR) is 145 cm³/mol. The van der Waals surface area contributed by atoms with Crippen LogP contribution in [0.1, 0.15) is 12.5 Å². The number of fused-ring (bicyclic) bond motifs is 1. The minimum atomic E-state index is -3.01. The maximum atomic E-state index is 13.8. The maximum Gasteiger partial charge on any atom is 0.297 e. The number of imidazole rings is 1. The van der Waals surface area contributed by atoms with Gasteiger partial charge in [0.1, 0.15) is 23.6 Å². The molecule has 1 aliphatic rings. The Morgan fingerprint density at radius 2 is 2.08 bits per heavy atom. The van der Waals surface area contributed by atoms with Gasteiger partial charge in [-0.05, 0) is 49.7 Å². The van der Waals surface area contributed by atoms with Gasteiger partial charge in [0.05, 0.1) is 35.5 Å². The number of nitrogens with two attached hydrogens (primary N) is 1. The van der Waals surface area contributed by atoms with Gasteiger partial charge in [0.15, 0.2) is 6.10 Å². The van der Waals surface area contributed by atoms with Crippen molar-refractivity contribution in [1.82, 2.24) is 24.8 Å². The zero-order chi connectivity index (χ0) is 27.6. The number of aromatic nitrogens is 4. The summed E-state index contributed by atoms with van der Waals surface area (Å²) in [5.74, 6) is -1.07. The fourth-order valence-electron chi connectivity index (χ4n) is 4.24. The Hall–Kier alpha value is -4.58. The van der Waals surface area contributed by atoms with Gasteiger partial charge in [-0.25, -0.2) is 28.7 Å². The third kappa shape index (κ3) is 5.65. The first-order chi connectivity index (χ1) is 18.7. The van der Waals surface area contributed by atoms with E-state index in [4.69, 9.17) is 15.2 Å². The number of benzene rings is 2. The highest BCUT2D eigenvalue weighted by atomic mass is 19.3. The lowest BCUT2D eigenvalue weighted by Gasteiger charge is -2.18. The number of ether oxygens (including phenoxy) is 2. The van der Waals surface area contributed by atoms with Crippen LogP contribution in [0.25, 0.3) is 23.3 Å². The van der Waals surface area contributed by atoms with E-state index in [0.717, 1.165) is 22.3 Å². The van der Waals surface area contributed by atoms with Crippen molar-refractivity contribution < 1.29 is 18.3 Å². The second-order valence-electron chi connectivity index (χ2n) is 9.12. The van der Waals surface area contributed by atoms with Gasteiger partial charge in [0, 0.05) is 30.6 Å². The summed E-state index contributed by atoms with van der Waals surface area (Å²) in [6, 6.07) is 11.1.